The van der Waals surface area contributed by atoms with Crippen molar-refractivity contribution in [3.63, 3.8) is 0 Å². The van der Waals surface area contributed by atoms with E-state index in [4.69, 9.17) is 0 Å². The van der Waals surface area contributed by atoms with Gasteiger partial charge in [-0.2, -0.15) is 0 Å². The molecule has 0 aromatic rings. The van der Waals surface area contributed by atoms with Gasteiger partial charge in [-0.05, 0) is 25.2 Å². The molecule has 2 aliphatic rings. The molecule has 102 valence electrons. The summed E-state index contributed by atoms with van der Waals surface area (Å²) in [6.45, 7) is 5.05. The maximum absolute atomic E-state index is 11.8. The first-order valence-corrected chi connectivity index (χ1v) is 7.15. The third-order valence-corrected chi connectivity index (χ3v) is 4.49. The summed E-state index contributed by atoms with van der Waals surface area (Å²) in [5.41, 5.74) is 0. The molecule has 0 aromatic carbocycles. The molecule has 2 fully saturated rings. The van der Waals surface area contributed by atoms with E-state index in [0.717, 1.165) is 24.8 Å². The van der Waals surface area contributed by atoms with Crippen LogP contribution < -0.4 is 5.32 Å². The number of rotatable bonds is 3. The minimum Gasteiger partial charge on any atom is -0.345 e. The number of piperazine rings is 1. The number of hydrogen-bond acceptors (Lipinski definition) is 2. The molecule has 0 bridgehead atoms. The Labute approximate surface area is 109 Å². The fraction of sp³-hybridized carbons (Fsp3) is 0.857. The minimum absolute atomic E-state index is 0.0214. The van der Waals surface area contributed by atoms with Gasteiger partial charge in [0, 0.05) is 6.54 Å². The van der Waals surface area contributed by atoms with E-state index in [9.17, 15) is 9.59 Å². The lowest BCUT2D eigenvalue weighted by Gasteiger charge is -2.34. The SMILES string of the molecule is CC1CCC(CCN2C(=O)CNC(=O)C2C)CC1. The maximum Gasteiger partial charge on any atom is 0.242 e. The molecule has 0 spiro atoms. The van der Waals surface area contributed by atoms with E-state index in [-0.39, 0.29) is 24.4 Å². The molecule has 1 aliphatic heterocycles. The van der Waals surface area contributed by atoms with Gasteiger partial charge in [0.05, 0.1) is 6.54 Å². The maximum atomic E-state index is 11.8. The first kappa shape index (κ1) is 13.4. The lowest BCUT2D eigenvalue weighted by atomic mass is 9.81. The van der Waals surface area contributed by atoms with Crippen LogP contribution in [0, 0.1) is 11.8 Å². The molecule has 18 heavy (non-hydrogen) atoms. The summed E-state index contributed by atoms with van der Waals surface area (Å²) in [5, 5.41) is 2.63. The molecule has 0 aromatic heterocycles. The molecule has 1 atom stereocenters. The monoisotopic (exact) mass is 252 g/mol. The predicted octanol–water partition coefficient (Wildman–Crippen LogP) is 1.55. The van der Waals surface area contributed by atoms with Gasteiger partial charge in [0.15, 0.2) is 0 Å². The van der Waals surface area contributed by atoms with Gasteiger partial charge in [-0.15, -0.1) is 0 Å². The average molecular weight is 252 g/mol. The van der Waals surface area contributed by atoms with E-state index < -0.39 is 0 Å². The zero-order chi connectivity index (χ0) is 13.1. The van der Waals surface area contributed by atoms with Crippen molar-refractivity contribution in [2.45, 2.75) is 52.0 Å². The summed E-state index contributed by atoms with van der Waals surface area (Å²) in [5.74, 6) is 1.65. The highest BCUT2D eigenvalue weighted by Crippen LogP contribution is 2.30. The molecule has 0 radical (unpaired) electrons. The number of carbonyl (C=O) groups is 2. The van der Waals surface area contributed by atoms with E-state index in [2.05, 4.69) is 12.2 Å². The molecule has 2 amide bonds. The summed E-state index contributed by atoms with van der Waals surface area (Å²) in [7, 11) is 0. The van der Waals surface area contributed by atoms with Crippen LogP contribution in [0.15, 0.2) is 0 Å². The number of hydrogen-bond donors (Lipinski definition) is 1. The van der Waals surface area contributed by atoms with Crippen molar-refractivity contribution in [1.82, 2.24) is 10.2 Å². The number of carbonyl (C=O) groups excluding carboxylic acids is 2. The van der Waals surface area contributed by atoms with Gasteiger partial charge in [-0.3, -0.25) is 9.59 Å². The first-order valence-electron chi connectivity index (χ1n) is 7.15. The summed E-state index contributed by atoms with van der Waals surface area (Å²) in [6, 6.07) is -0.297. The van der Waals surface area contributed by atoms with Crippen LogP contribution in [0.5, 0.6) is 0 Å². The Morgan fingerprint density at radius 1 is 1.17 bits per heavy atom. The Morgan fingerprint density at radius 2 is 1.83 bits per heavy atom. The van der Waals surface area contributed by atoms with Gasteiger partial charge < -0.3 is 10.2 Å². The highest BCUT2D eigenvalue weighted by atomic mass is 16.2. The standard InChI is InChI=1S/C14H24N2O2/c1-10-3-5-12(6-4-10)7-8-16-11(2)14(18)15-9-13(16)17/h10-12H,3-9H2,1-2H3,(H,15,18). The normalized spacial score (nSPS) is 33.4. The van der Waals surface area contributed by atoms with Crippen LogP contribution in [0.3, 0.4) is 0 Å². The van der Waals surface area contributed by atoms with Gasteiger partial charge in [-0.25, -0.2) is 0 Å². The molecule has 4 nitrogen and oxygen atoms in total. The molecule has 1 heterocycles. The van der Waals surface area contributed by atoms with Crippen LogP contribution in [0.2, 0.25) is 0 Å². The van der Waals surface area contributed by atoms with Crippen LogP contribution >= 0.6 is 0 Å². The Bertz CT molecular complexity index is 322. The Balaban J connectivity index is 1.81. The van der Waals surface area contributed by atoms with Crippen molar-refractivity contribution in [3.8, 4) is 0 Å². The molecule has 1 unspecified atom stereocenters. The summed E-state index contributed by atoms with van der Waals surface area (Å²) in [4.78, 5) is 25.1. The van der Waals surface area contributed by atoms with Crippen LogP contribution in [0.25, 0.3) is 0 Å². The van der Waals surface area contributed by atoms with Crippen LogP contribution in [0.4, 0.5) is 0 Å². The van der Waals surface area contributed by atoms with Gasteiger partial charge in [0.2, 0.25) is 11.8 Å². The third-order valence-electron chi connectivity index (χ3n) is 4.49. The average Bonchev–Trinajstić information content (AvgIpc) is 2.36. The van der Waals surface area contributed by atoms with Gasteiger partial charge in [-0.1, -0.05) is 32.6 Å². The second-order valence-corrected chi connectivity index (χ2v) is 5.90. The van der Waals surface area contributed by atoms with Crippen molar-refractivity contribution in [3.05, 3.63) is 0 Å². The molecule has 1 saturated heterocycles. The van der Waals surface area contributed by atoms with E-state index in [1.807, 2.05) is 6.92 Å². The summed E-state index contributed by atoms with van der Waals surface area (Å²) >= 11 is 0. The number of nitrogens with one attached hydrogen (secondary N) is 1. The predicted molar refractivity (Wildman–Crippen MR) is 69.9 cm³/mol. The van der Waals surface area contributed by atoms with Crippen LogP contribution in [0.1, 0.15) is 46.0 Å². The molecule has 2 rings (SSSR count). The van der Waals surface area contributed by atoms with Crippen molar-refractivity contribution in [2.24, 2.45) is 11.8 Å². The van der Waals surface area contributed by atoms with Gasteiger partial charge in [0.25, 0.3) is 0 Å². The van der Waals surface area contributed by atoms with E-state index in [0.29, 0.717) is 0 Å². The molecular formula is C14H24N2O2. The Morgan fingerprint density at radius 3 is 2.50 bits per heavy atom. The second kappa shape index (κ2) is 5.72. The molecule has 1 aliphatic carbocycles. The third kappa shape index (κ3) is 3.03. The quantitative estimate of drug-likeness (QED) is 0.828. The van der Waals surface area contributed by atoms with Crippen molar-refractivity contribution in [1.29, 1.82) is 0 Å². The zero-order valence-electron chi connectivity index (χ0n) is 11.4. The topological polar surface area (TPSA) is 49.4 Å². The van der Waals surface area contributed by atoms with E-state index in [1.54, 1.807) is 4.90 Å². The van der Waals surface area contributed by atoms with E-state index >= 15 is 0 Å². The molecular weight excluding hydrogens is 228 g/mol. The first-order chi connectivity index (χ1) is 8.58. The van der Waals surface area contributed by atoms with E-state index in [1.165, 1.54) is 25.7 Å². The largest absolute Gasteiger partial charge is 0.345 e. The highest BCUT2D eigenvalue weighted by Gasteiger charge is 2.31. The molecule has 4 heteroatoms. The molecule has 1 N–H and O–H groups in total. The second-order valence-electron chi connectivity index (χ2n) is 5.90. The lowest BCUT2D eigenvalue weighted by Crippen LogP contribution is -2.57. The molecule has 1 saturated carbocycles. The number of nitrogens with zero attached hydrogens (tertiary/aromatic N) is 1. The Hall–Kier alpha value is -1.06. The smallest absolute Gasteiger partial charge is 0.242 e. The van der Waals surface area contributed by atoms with Gasteiger partial charge in [0.1, 0.15) is 6.04 Å². The van der Waals surface area contributed by atoms with Crippen molar-refractivity contribution >= 4 is 11.8 Å². The lowest BCUT2D eigenvalue weighted by molar-refractivity contribution is -0.145. The van der Waals surface area contributed by atoms with Crippen molar-refractivity contribution in [2.75, 3.05) is 13.1 Å². The fourth-order valence-corrected chi connectivity index (χ4v) is 3.03. The minimum atomic E-state index is -0.297. The highest BCUT2D eigenvalue weighted by molar-refractivity contribution is 5.94. The summed E-state index contributed by atoms with van der Waals surface area (Å²) < 4.78 is 0. The van der Waals surface area contributed by atoms with Crippen LogP contribution in [-0.2, 0) is 9.59 Å². The number of amides is 2. The summed E-state index contributed by atoms with van der Waals surface area (Å²) in [6.07, 6.45) is 6.24. The Kier molecular flexibility index (Phi) is 4.25. The van der Waals surface area contributed by atoms with Crippen LogP contribution in [-0.4, -0.2) is 35.8 Å². The zero-order valence-corrected chi connectivity index (χ0v) is 11.4. The van der Waals surface area contributed by atoms with Gasteiger partial charge >= 0.3 is 0 Å². The fourth-order valence-electron chi connectivity index (χ4n) is 3.03. The van der Waals surface area contributed by atoms with Crippen molar-refractivity contribution < 1.29 is 9.59 Å².